The van der Waals surface area contributed by atoms with E-state index in [2.05, 4.69) is 41.6 Å². The van der Waals surface area contributed by atoms with Crippen molar-refractivity contribution in [2.45, 2.75) is 19.9 Å². The third-order valence-corrected chi connectivity index (χ3v) is 3.40. The molecule has 2 heterocycles. The van der Waals surface area contributed by atoms with Crippen LogP contribution in [0.1, 0.15) is 22.7 Å². The van der Waals surface area contributed by atoms with Crippen LogP contribution >= 0.6 is 11.3 Å². The molecule has 0 radical (unpaired) electrons. The SMILES string of the molecule is Cc1ccc(C(C)NC2=NCCN2)s1. The van der Waals surface area contributed by atoms with Gasteiger partial charge in [0.05, 0.1) is 12.6 Å². The Morgan fingerprint density at radius 1 is 1.57 bits per heavy atom. The molecule has 0 saturated carbocycles. The molecule has 1 aromatic heterocycles. The molecule has 0 spiro atoms. The van der Waals surface area contributed by atoms with Crippen LogP contribution in [0.25, 0.3) is 0 Å². The maximum atomic E-state index is 4.31. The van der Waals surface area contributed by atoms with Crippen LogP contribution in [0.4, 0.5) is 0 Å². The van der Waals surface area contributed by atoms with Crippen molar-refractivity contribution in [3.8, 4) is 0 Å². The van der Waals surface area contributed by atoms with Crippen molar-refractivity contribution in [2.24, 2.45) is 4.99 Å². The lowest BCUT2D eigenvalue weighted by atomic mass is 10.3. The molecule has 1 aliphatic heterocycles. The maximum Gasteiger partial charge on any atom is 0.191 e. The minimum Gasteiger partial charge on any atom is -0.355 e. The third kappa shape index (κ3) is 2.07. The highest BCUT2D eigenvalue weighted by Crippen LogP contribution is 2.22. The molecule has 1 atom stereocenters. The second-order valence-electron chi connectivity index (χ2n) is 3.47. The van der Waals surface area contributed by atoms with E-state index in [1.807, 2.05) is 11.3 Å². The van der Waals surface area contributed by atoms with Gasteiger partial charge in [0, 0.05) is 16.3 Å². The van der Waals surface area contributed by atoms with Gasteiger partial charge in [-0.1, -0.05) is 0 Å². The fraction of sp³-hybridized carbons (Fsp3) is 0.500. The zero-order chi connectivity index (χ0) is 9.97. The molecule has 0 fully saturated rings. The monoisotopic (exact) mass is 209 g/mol. The molecule has 2 N–H and O–H groups in total. The van der Waals surface area contributed by atoms with E-state index in [-0.39, 0.29) is 0 Å². The van der Waals surface area contributed by atoms with Gasteiger partial charge in [-0.15, -0.1) is 11.3 Å². The first-order chi connectivity index (χ1) is 6.75. The average molecular weight is 209 g/mol. The summed E-state index contributed by atoms with van der Waals surface area (Å²) in [6.45, 7) is 6.14. The Hall–Kier alpha value is -1.03. The van der Waals surface area contributed by atoms with Crippen LogP contribution < -0.4 is 10.6 Å². The van der Waals surface area contributed by atoms with E-state index in [9.17, 15) is 0 Å². The first kappa shape index (κ1) is 9.52. The Bertz CT molecular complexity index is 343. The van der Waals surface area contributed by atoms with E-state index in [0.717, 1.165) is 19.0 Å². The molecule has 0 bridgehead atoms. The highest BCUT2D eigenvalue weighted by Gasteiger charge is 2.11. The number of guanidine groups is 1. The van der Waals surface area contributed by atoms with Crippen LogP contribution in [-0.2, 0) is 0 Å². The van der Waals surface area contributed by atoms with Gasteiger partial charge in [0.15, 0.2) is 5.96 Å². The second-order valence-corrected chi connectivity index (χ2v) is 4.79. The molecule has 1 aromatic rings. The molecule has 0 aliphatic carbocycles. The molecule has 1 unspecified atom stereocenters. The molecule has 0 aromatic carbocycles. The van der Waals surface area contributed by atoms with Crippen molar-refractivity contribution in [1.29, 1.82) is 0 Å². The standard InChI is InChI=1S/C10H15N3S/c1-7-3-4-9(14-7)8(2)13-10-11-5-6-12-10/h3-4,8H,5-6H2,1-2H3,(H2,11,12,13). The van der Waals surface area contributed by atoms with Crippen molar-refractivity contribution in [3.05, 3.63) is 21.9 Å². The Kier molecular flexibility index (Phi) is 2.72. The fourth-order valence-corrected chi connectivity index (χ4v) is 2.34. The van der Waals surface area contributed by atoms with Gasteiger partial charge in [-0.05, 0) is 26.0 Å². The average Bonchev–Trinajstić information content (AvgIpc) is 2.75. The van der Waals surface area contributed by atoms with Crippen LogP contribution in [-0.4, -0.2) is 19.0 Å². The predicted molar refractivity (Wildman–Crippen MR) is 60.9 cm³/mol. The highest BCUT2D eigenvalue weighted by molar-refractivity contribution is 7.12. The molecular weight excluding hydrogens is 194 g/mol. The number of thiophene rings is 1. The first-order valence-electron chi connectivity index (χ1n) is 4.87. The lowest BCUT2D eigenvalue weighted by Crippen LogP contribution is -2.35. The number of nitrogens with one attached hydrogen (secondary N) is 2. The number of nitrogens with zero attached hydrogens (tertiary/aromatic N) is 1. The molecule has 0 amide bonds. The number of hydrogen-bond donors (Lipinski definition) is 2. The maximum absolute atomic E-state index is 4.31. The predicted octanol–water partition coefficient (Wildman–Crippen LogP) is 1.67. The number of aryl methyl sites for hydroxylation is 1. The smallest absolute Gasteiger partial charge is 0.191 e. The van der Waals surface area contributed by atoms with Gasteiger partial charge in [-0.2, -0.15) is 0 Å². The Morgan fingerprint density at radius 2 is 2.43 bits per heavy atom. The Balaban J connectivity index is 1.98. The van der Waals surface area contributed by atoms with Gasteiger partial charge in [0.25, 0.3) is 0 Å². The zero-order valence-corrected chi connectivity index (χ0v) is 9.32. The van der Waals surface area contributed by atoms with Crippen molar-refractivity contribution >= 4 is 17.3 Å². The summed E-state index contributed by atoms with van der Waals surface area (Å²) in [6, 6.07) is 4.67. The summed E-state index contributed by atoms with van der Waals surface area (Å²) in [5.74, 6) is 0.934. The van der Waals surface area contributed by atoms with E-state index >= 15 is 0 Å². The number of aliphatic imine (C=N–C) groups is 1. The number of rotatable bonds is 2. The lowest BCUT2D eigenvalue weighted by Gasteiger charge is -2.13. The fourth-order valence-electron chi connectivity index (χ4n) is 1.46. The lowest BCUT2D eigenvalue weighted by molar-refractivity contribution is 0.715. The van der Waals surface area contributed by atoms with Crippen LogP contribution in [0.2, 0.25) is 0 Å². The van der Waals surface area contributed by atoms with E-state index < -0.39 is 0 Å². The van der Waals surface area contributed by atoms with Gasteiger partial charge in [0.1, 0.15) is 0 Å². The van der Waals surface area contributed by atoms with Crippen molar-refractivity contribution in [3.63, 3.8) is 0 Å². The van der Waals surface area contributed by atoms with Crippen LogP contribution in [0.15, 0.2) is 17.1 Å². The summed E-state index contributed by atoms with van der Waals surface area (Å²) in [6.07, 6.45) is 0. The summed E-state index contributed by atoms with van der Waals surface area (Å²) >= 11 is 1.83. The molecule has 2 rings (SSSR count). The van der Waals surface area contributed by atoms with E-state index in [1.165, 1.54) is 9.75 Å². The molecule has 0 saturated heterocycles. The van der Waals surface area contributed by atoms with Crippen molar-refractivity contribution in [1.82, 2.24) is 10.6 Å². The second kappa shape index (κ2) is 4.00. The summed E-state index contributed by atoms with van der Waals surface area (Å²) in [5, 5.41) is 6.57. The summed E-state index contributed by atoms with van der Waals surface area (Å²) in [4.78, 5) is 7.02. The summed E-state index contributed by atoms with van der Waals surface area (Å²) < 4.78 is 0. The van der Waals surface area contributed by atoms with E-state index in [1.54, 1.807) is 0 Å². The molecule has 14 heavy (non-hydrogen) atoms. The van der Waals surface area contributed by atoms with Gasteiger partial charge in [-0.3, -0.25) is 4.99 Å². The number of hydrogen-bond acceptors (Lipinski definition) is 4. The van der Waals surface area contributed by atoms with Gasteiger partial charge in [-0.25, -0.2) is 0 Å². The zero-order valence-electron chi connectivity index (χ0n) is 8.50. The Labute approximate surface area is 88.3 Å². The first-order valence-corrected chi connectivity index (χ1v) is 5.68. The summed E-state index contributed by atoms with van der Waals surface area (Å²) in [5.41, 5.74) is 0. The topological polar surface area (TPSA) is 36.4 Å². The van der Waals surface area contributed by atoms with Crippen LogP contribution in [0.5, 0.6) is 0 Å². The highest BCUT2D eigenvalue weighted by atomic mass is 32.1. The molecule has 1 aliphatic rings. The molecule has 4 heteroatoms. The third-order valence-electron chi connectivity index (χ3n) is 2.22. The molecular formula is C10H15N3S. The normalized spacial score (nSPS) is 17.4. The largest absolute Gasteiger partial charge is 0.355 e. The van der Waals surface area contributed by atoms with Crippen LogP contribution in [0.3, 0.4) is 0 Å². The Morgan fingerprint density at radius 3 is 3.00 bits per heavy atom. The van der Waals surface area contributed by atoms with Gasteiger partial charge < -0.3 is 10.6 Å². The van der Waals surface area contributed by atoms with Crippen molar-refractivity contribution < 1.29 is 0 Å². The quantitative estimate of drug-likeness (QED) is 0.777. The minimum atomic E-state index is 0.345. The molecule has 3 nitrogen and oxygen atoms in total. The van der Waals surface area contributed by atoms with E-state index in [4.69, 9.17) is 0 Å². The van der Waals surface area contributed by atoms with Crippen molar-refractivity contribution in [2.75, 3.05) is 13.1 Å². The van der Waals surface area contributed by atoms with E-state index in [0.29, 0.717) is 6.04 Å². The summed E-state index contributed by atoms with van der Waals surface area (Å²) in [7, 11) is 0. The molecule has 76 valence electrons. The van der Waals surface area contributed by atoms with Gasteiger partial charge >= 0.3 is 0 Å². The van der Waals surface area contributed by atoms with Crippen LogP contribution in [0, 0.1) is 6.92 Å². The van der Waals surface area contributed by atoms with Gasteiger partial charge in [0.2, 0.25) is 0 Å². The minimum absolute atomic E-state index is 0.345.